The van der Waals surface area contributed by atoms with Crippen LogP contribution in [0.5, 0.6) is 0 Å². The molecule has 1 aromatic rings. The molecule has 0 bridgehead atoms. The molecule has 0 aromatic heterocycles. The number of hydrogen-bond acceptors (Lipinski definition) is 3. The Labute approximate surface area is 156 Å². The lowest BCUT2D eigenvalue weighted by Gasteiger charge is -2.35. The Hall–Kier alpha value is -0.630. The largest absolute Gasteiger partial charge is 0.340 e. The van der Waals surface area contributed by atoms with Crippen LogP contribution < -0.4 is 0 Å². The van der Waals surface area contributed by atoms with Crippen LogP contribution in [-0.2, 0) is 14.8 Å². The van der Waals surface area contributed by atoms with E-state index in [1.807, 2.05) is 4.90 Å². The highest BCUT2D eigenvalue weighted by Crippen LogP contribution is 2.30. The van der Waals surface area contributed by atoms with E-state index >= 15 is 0 Å². The summed E-state index contributed by atoms with van der Waals surface area (Å²) in [6, 6.07) is 4.75. The van der Waals surface area contributed by atoms with E-state index in [9.17, 15) is 13.2 Å². The third kappa shape index (κ3) is 3.64. The summed E-state index contributed by atoms with van der Waals surface area (Å²) in [5.74, 6) is 0.320. The standard InChI is InChI=1S/C16H20BrClN2O3S/c17-13-5-6-15(14(18)11-13)24(22,23)20-9-7-19(8-10-20)16(21)12-3-1-2-4-12/h5-6,11-12H,1-4,7-10H2. The van der Waals surface area contributed by atoms with E-state index in [1.165, 1.54) is 10.4 Å². The molecule has 132 valence electrons. The minimum atomic E-state index is -3.64. The van der Waals surface area contributed by atoms with Crippen molar-refractivity contribution in [2.75, 3.05) is 26.2 Å². The molecule has 1 heterocycles. The van der Waals surface area contributed by atoms with Gasteiger partial charge >= 0.3 is 0 Å². The van der Waals surface area contributed by atoms with Crippen molar-refractivity contribution in [2.45, 2.75) is 30.6 Å². The van der Waals surface area contributed by atoms with Crippen LogP contribution in [0.4, 0.5) is 0 Å². The second kappa shape index (κ2) is 7.32. The van der Waals surface area contributed by atoms with Gasteiger partial charge in [-0.15, -0.1) is 0 Å². The average Bonchev–Trinajstić information content (AvgIpc) is 3.08. The van der Waals surface area contributed by atoms with Gasteiger partial charge in [-0.3, -0.25) is 4.79 Å². The van der Waals surface area contributed by atoms with Crippen molar-refractivity contribution >= 4 is 43.5 Å². The first kappa shape index (κ1) is 18.2. The van der Waals surface area contributed by atoms with Crippen molar-refractivity contribution in [1.82, 2.24) is 9.21 Å². The van der Waals surface area contributed by atoms with Gasteiger partial charge in [-0.25, -0.2) is 8.42 Å². The highest BCUT2D eigenvalue weighted by molar-refractivity contribution is 9.10. The zero-order valence-electron chi connectivity index (χ0n) is 13.2. The fourth-order valence-electron chi connectivity index (χ4n) is 3.40. The minimum absolute atomic E-state index is 0.114. The molecule has 1 aliphatic heterocycles. The molecule has 0 unspecified atom stereocenters. The lowest BCUT2D eigenvalue weighted by Crippen LogP contribution is -2.51. The van der Waals surface area contributed by atoms with Crippen LogP contribution >= 0.6 is 27.5 Å². The van der Waals surface area contributed by atoms with Crippen molar-refractivity contribution in [1.29, 1.82) is 0 Å². The minimum Gasteiger partial charge on any atom is -0.340 e. The van der Waals surface area contributed by atoms with Gasteiger partial charge in [0.25, 0.3) is 0 Å². The molecule has 24 heavy (non-hydrogen) atoms. The molecule has 0 atom stereocenters. The summed E-state index contributed by atoms with van der Waals surface area (Å²) in [6.45, 7) is 1.52. The first-order valence-electron chi connectivity index (χ1n) is 8.13. The van der Waals surface area contributed by atoms with Gasteiger partial charge in [0.15, 0.2) is 0 Å². The molecule has 1 aromatic carbocycles. The zero-order chi connectivity index (χ0) is 17.3. The molecule has 1 amide bonds. The molecular weight excluding hydrogens is 416 g/mol. The van der Waals surface area contributed by atoms with Crippen LogP contribution in [0.25, 0.3) is 0 Å². The molecule has 0 radical (unpaired) electrons. The summed E-state index contributed by atoms with van der Waals surface area (Å²) >= 11 is 9.38. The molecule has 1 saturated heterocycles. The summed E-state index contributed by atoms with van der Waals surface area (Å²) in [7, 11) is -3.64. The highest BCUT2D eigenvalue weighted by Gasteiger charge is 2.34. The van der Waals surface area contributed by atoms with Gasteiger partial charge in [-0.1, -0.05) is 40.4 Å². The summed E-state index contributed by atoms with van der Waals surface area (Å²) in [4.78, 5) is 14.4. The van der Waals surface area contributed by atoms with Crippen LogP contribution in [0.15, 0.2) is 27.6 Å². The summed E-state index contributed by atoms with van der Waals surface area (Å²) in [6.07, 6.45) is 4.16. The van der Waals surface area contributed by atoms with Crippen molar-refractivity contribution in [3.8, 4) is 0 Å². The quantitative estimate of drug-likeness (QED) is 0.733. The third-order valence-electron chi connectivity index (χ3n) is 4.77. The third-order valence-corrected chi connectivity index (χ3v) is 7.64. The van der Waals surface area contributed by atoms with Crippen molar-refractivity contribution in [2.24, 2.45) is 5.92 Å². The number of carbonyl (C=O) groups excluding carboxylic acids is 1. The van der Waals surface area contributed by atoms with Crippen LogP contribution in [0.2, 0.25) is 5.02 Å². The number of carbonyl (C=O) groups is 1. The maximum atomic E-state index is 12.8. The first-order chi connectivity index (χ1) is 11.4. The van der Waals surface area contributed by atoms with Gasteiger partial charge in [-0.05, 0) is 31.0 Å². The zero-order valence-corrected chi connectivity index (χ0v) is 16.4. The summed E-state index contributed by atoms with van der Waals surface area (Å²) in [5.41, 5.74) is 0. The van der Waals surface area contributed by atoms with Crippen LogP contribution in [0.1, 0.15) is 25.7 Å². The summed E-state index contributed by atoms with van der Waals surface area (Å²) < 4.78 is 27.7. The lowest BCUT2D eigenvalue weighted by atomic mass is 10.1. The first-order valence-corrected chi connectivity index (χ1v) is 10.7. The molecule has 2 aliphatic rings. The number of sulfonamides is 1. The second-order valence-electron chi connectivity index (χ2n) is 6.29. The smallest absolute Gasteiger partial charge is 0.244 e. The van der Waals surface area contributed by atoms with E-state index < -0.39 is 10.0 Å². The van der Waals surface area contributed by atoms with Gasteiger partial charge in [0.2, 0.25) is 15.9 Å². The van der Waals surface area contributed by atoms with E-state index in [1.54, 1.807) is 12.1 Å². The summed E-state index contributed by atoms with van der Waals surface area (Å²) in [5, 5.41) is 0.203. The number of nitrogens with zero attached hydrogens (tertiary/aromatic N) is 2. The van der Waals surface area contributed by atoms with Crippen LogP contribution in [-0.4, -0.2) is 49.7 Å². The normalized spacial score (nSPS) is 20.5. The van der Waals surface area contributed by atoms with Gasteiger partial charge in [-0.2, -0.15) is 4.31 Å². The Bertz CT molecular complexity index is 727. The topological polar surface area (TPSA) is 57.7 Å². The van der Waals surface area contributed by atoms with Crippen molar-refractivity contribution < 1.29 is 13.2 Å². The molecule has 1 aliphatic carbocycles. The van der Waals surface area contributed by atoms with E-state index in [-0.39, 0.29) is 21.7 Å². The fourth-order valence-corrected chi connectivity index (χ4v) is 5.84. The predicted molar refractivity (Wildman–Crippen MR) is 96.4 cm³/mol. The molecule has 0 spiro atoms. The maximum Gasteiger partial charge on any atom is 0.244 e. The van der Waals surface area contributed by atoms with Crippen molar-refractivity contribution in [3.63, 3.8) is 0 Å². The molecule has 3 rings (SSSR count). The number of hydrogen-bond donors (Lipinski definition) is 0. The van der Waals surface area contributed by atoms with Gasteiger partial charge in [0.05, 0.1) is 5.02 Å². The number of amides is 1. The Morgan fingerprint density at radius 2 is 1.75 bits per heavy atom. The van der Waals surface area contributed by atoms with Gasteiger partial charge in [0.1, 0.15) is 4.90 Å². The number of benzene rings is 1. The fraction of sp³-hybridized carbons (Fsp3) is 0.562. The molecule has 2 fully saturated rings. The van der Waals surface area contributed by atoms with Crippen LogP contribution in [0.3, 0.4) is 0 Å². The van der Waals surface area contributed by atoms with Crippen LogP contribution in [0, 0.1) is 5.92 Å². The van der Waals surface area contributed by atoms with E-state index in [2.05, 4.69) is 15.9 Å². The molecule has 1 saturated carbocycles. The Balaban J connectivity index is 1.68. The van der Waals surface area contributed by atoms with Gasteiger partial charge < -0.3 is 4.90 Å². The van der Waals surface area contributed by atoms with Crippen molar-refractivity contribution in [3.05, 3.63) is 27.7 Å². The number of rotatable bonds is 3. The highest BCUT2D eigenvalue weighted by atomic mass is 79.9. The number of halogens is 2. The molecule has 5 nitrogen and oxygen atoms in total. The molecular formula is C16H20BrClN2O3S. The average molecular weight is 436 g/mol. The predicted octanol–water partition coefficient (Wildman–Crippen LogP) is 3.13. The lowest BCUT2D eigenvalue weighted by molar-refractivity contribution is -0.136. The maximum absolute atomic E-state index is 12.8. The van der Waals surface area contributed by atoms with E-state index in [0.29, 0.717) is 26.2 Å². The Kier molecular flexibility index (Phi) is 5.54. The SMILES string of the molecule is O=C(C1CCCC1)N1CCN(S(=O)(=O)c2ccc(Br)cc2Cl)CC1. The second-order valence-corrected chi connectivity index (χ2v) is 9.51. The van der Waals surface area contributed by atoms with E-state index in [0.717, 1.165) is 30.2 Å². The Morgan fingerprint density at radius 1 is 1.12 bits per heavy atom. The molecule has 0 N–H and O–H groups in total. The van der Waals surface area contributed by atoms with Gasteiger partial charge in [0, 0.05) is 36.6 Å². The Morgan fingerprint density at radius 3 is 2.33 bits per heavy atom. The van der Waals surface area contributed by atoms with E-state index in [4.69, 9.17) is 11.6 Å². The molecule has 8 heteroatoms. The monoisotopic (exact) mass is 434 g/mol. The number of piperazine rings is 1.